The second-order valence-corrected chi connectivity index (χ2v) is 7.80. The van der Waals surface area contributed by atoms with Crippen LogP contribution in [0.15, 0.2) is 71.7 Å². The summed E-state index contributed by atoms with van der Waals surface area (Å²) in [6.07, 6.45) is 1.22. The molecule has 2 amide bonds. The zero-order valence-electron chi connectivity index (χ0n) is 18.6. The number of fused-ring (bicyclic) bond motifs is 1. The Labute approximate surface area is 203 Å². The Hall–Kier alpha value is -4.37. The summed E-state index contributed by atoms with van der Waals surface area (Å²) in [7, 11) is 2.90. The first-order valence-corrected chi connectivity index (χ1v) is 10.6. The fourth-order valence-electron chi connectivity index (χ4n) is 3.44. The van der Waals surface area contributed by atoms with Gasteiger partial charge in [-0.15, -0.1) is 0 Å². The Kier molecular flexibility index (Phi) is 6.70. The number of hydrogen-bond acceptors (Lipinski definition) is 5. The van der Waals surface area contributed by atoms with E-state index in [0.717, 1.165) is 10.7 Å². The van der Waals surface area contributed by atoms with Gasteiger partial charge in [0.15, 0.2) is 0 Å². The van der Waals surface area contributed by atoms with Crippen LogP contribution in [-0.2, 0) is 0 Å². The first-order chi connectivity index (χ1) is 16.8. The number of hydrogen-bond donors (Lipinski definition) is 2. The third kappa shape index (κ3) is 4.95. The highest BCUT2D eigenvalue weighted by Crippen LogP contribution is 2.24. The predicted molar refractivity (Wildman–Crippen MR) is 131 cm³/mol. The number of pyridine rings is 1. The molecule has 0 atom stereocenters. The van der Waals surface area contributed by atoms with E-state index in [-0.39, 0.29) is 27.2 Å². The Morgan fingerprint density at radius 3 is 2.20 bits per heavy atom. The van der Waals surface area contributed by atoms with E-state index in [1.165, 1.54) is 44.7 Å². The molecule has 4 rings (SSSR count). The number of ether oxygens (including phenoxy) is 2. The van der Waals surface area contributed by atoms with Gasteiger partial charge in [-0.2, -0.15) is 0 Å². The lowest BCUT2D eigenvalue weighted by Gasteiger charge is -2.14. The molecule has 0 aliphatic carbocycles. The molecule has 0 aliphatic heterocycles. The Morgan fingerprint density at radius 2 is 1.57 bits per heavy atom. The van der Waals surface area contributed by atoms with Crippen LogP contribution in [0.4, 0.5) is 10.1 Å². The summed E-state index contributed by atoms with van der Waals surface area (Å²) < 4.78 is 24.8. The second kappa shape index (κ2) is 9.86. The van der Waals surface area contributed by atoms with Crippen LogP contribution in [0.1, 0.15) is 20.7 Å². The average molecular weight is 496 g/mol. The highest BCUT2D eigenvalue weighted by Gasteiger charge is 2.18. The monoisotopic (exact) mass is 495 g/mol. The van der Waals surface area contributed by atoms with Gasteiger partial charge in [-0.3, -0.25) is 19.8 Å². The summed E-state index contributed by atoms with van der Waals surface area (Å²) in [5.41, 5.74) is 2.50. The number of carbonyl (C=O) groups is 2. The third-order valence-electron chi connectivity index (χ3n) is 5.18. The van der Waals surface area contributed by atoms with Crippen LogP contribution in [0, 0.1) is 5.82 Å². The van der Waals surface area contributed by atoms with Crippen LogP contribution in [0.2, 0.25) is 5.02 Å². The summed E-state index contributed by atoms with van der Waals surface area (Å²) in [5.74, 6) is -1.07. The van der Waals surface area contributed by atoms with Crippen molar-refractivity contribution in [1.82, 2.24) is 4.68 Å². The molecular formula is C25H19ClFN3O5. The predicted octanol–water partition coefficient (Wildman–Crippen LogP) is 4.45. The summed E-state index contributed by atoms with van der Waals surface area (Å²) >= 11 is 5.81. The SMILES string of the molecule is COc1cc(OC)cc(C(=O)Nn2cc(C(=O)Nc3ccc(F)c(Cl)c3)c3ccccc3c2=O)c1. The molecule has 3 aromatic carbocycles. The van der Waals surface area contributed by atoms with E-state index in [0.29, 0.717) is 16.9 Å². The fourth-order valence-corrected chi connectivity index (χ4v) is 3.62. The van der Waals surface area contributed by atoms with Crippen molar-refractivity contribution >= 4 is 39.9 Å². The van der Waals surface area contributed by atoms with Crippen molar-refractivity contribution < 1.29 is 23.5 Å². The molecule has 0 fully saturated rings. The van der Waals surface area contributed by atoms with Crippen LogP contribution in [0.5, 0.6) is 11.5 Å². The van der Waals surface area contributed by atoms with Crippen LogP contribution in [0.3, 0.4) is 0 Å². The number of rotatable bonds is 6. The summed E-state index contributed by atoms with van der Waals surface area (Å²) in [4.78, 5) is 39.1. The maximum atomic E-state index is 13.5. The molecule has 0 saturated carbocycles. The minimum absolute atomic E-state index is 0.101. The number of halogens is 2. The highest BCUT2D eigenvalue weighted by atomic mass is 35.5. The van der Waals surface area contributed by atoms with Crippen LogP contribution >= 0.6 is 11.6 Å². The number of benzene rings is 3. The molecule has 10 heteroatoms. The van der Waals surface area contributed by atoms with Crippen molar-refractivity contribution in [2.75, 3.05) is 25.0 Å². The molecule has 0 radical (unpaired) electrons. The molecule has 178 valence electrons. The highest BCUT2D eigenvalue weighted by molar-refractivity contribution is 6.31. The topological polar surface area (TPSA) is 98.7 Å². The smallest absolute Gasteiger partial charge is 0.277 e. The minimum Gasteiger partial charge on any atom is -0.497 e. The van der Waals surface area contributed by atoms with E-state index in [4.69, 9.17) is 21.1 Å². The molecule has 1 aromatic heterocycles. The lowest BCUT2D eigenvalue weighted by molar-refractivity contribution is 0.0999. The van der Waals surface area contributed by atoms with Gasteiger partial charge in [-0.1, -0.05) is 29.8 Å². The van der Waals surface area contributed by atoms with Gasteiger partial charge in [0.05, 0.1) is 24.8 Å². The molecular weight excluding hydrogens is 477 g/mol. The summed E-state index contributed by atoms with van der Waals surface area (Å²) in [5, 5.41) is 3.06. The zero-order chi connectivity index (χ0) is 25.1. The first-order valence-electron chi connectivity index (χ1n) is 10.3. The van der Waals surface area contributed by atoms with Crippen molar-refractivity contribution in [3.8, 4) is 11.5 Å². The number of aromatic nitrogens is 1. The van der Waals surface area contributed by atoms with E-state index < -0.39 is 23.2 Å². The standard InChI is InChI=1S/C25H19ClFN3O5/c1-34-16-9-14(10-17(12-16)35-2)23(31)29-30-13-20(18-5-3-4-6-19(18)25(30)33)24(32)28-15-7-8-22(27)21(26)11-15/h3-13H,1-2H3,(H,28,32)(H,29,31). The number of nitrogens with one attached hydrogen (secondary N) is 2. The molecule has 0 unspecified atom stereocenters. The molecule has 8 nitrogen and oxygen atoms in total. The van der Waals surface area contributed by atoms with Gasteiger partial charge in [0, 0.05) is 34.3 Å². The Balaban J connectivity index is 1.73. The molecule has 0 bridgehead atoms. The molecule has 1 heterocycles. The number of anilines is 1. The van der Waals surface area contributed by atoms with E-state index in [1.54, 1.807) is 30.3 Å². The summed E-state index contributed by atoms with van der Waals surface area (Å²) in [6.45, 7) is 0. The molecule has 4 aromatic rings. The zero-order valence-corrected chi connectivity index (χ0v) is 19.4. The molecule has 0 saturated heterocycles. The Bertz CT molecular complexity index is 1500. The lowest BCUT2D eigenvalue weighted by Crippen LogP contribution is -2.34. The normalized spacial score (nSPS) is 10.6. The van der Waals surface area contributed by atoms with Crippen molar-refractivity contribution in [3.63, 3.8) is 0 Å². The van der Waals surface area contributed by atoms with Gasteiger partial charge < -0.3 is 14.8 Å². The fraction of sp³-hybridized carbons (Fsp3) is 0.0800. The van der Waals surface area contributed by atoms with E-state index in [9.17, 15) is 18.8 Å². The maximum Gasteiger partial charge on any atom is 0.277 e. The van der Waals surface area contributed by atoms with Gasteiger partial charge >= 0.3 is 0 Å². The van der Waals surface area contributed by atoms with Crippen molar-refractivity contribution in [2.24, 2.45) is 0 Å². The molecule has 0 aliphatic rings. The van der Waals surface area contributed by atoms with Crippen LogP contribution in [-0.4, -0.2) is 30.7 Å². The van der Waals surface area contributed by atoms with Gasteiger partial charge in [-0.05, 0) is 36.4 Å². The maximum absolute atomic E-state index is 13.5. The minimum atomic E-state index is -0.628. The third-order valence-corrected chi connectivity index (χ3v) is 5.47. The van der Waals surface area contributed by atoms with Crippen molar-refractivity contribution in [3.05, 3.63) is 99.2 Å². The average Bonchev–Trinajstić information content (AvgIpc) is 2.87. The number of methoxy groups -OCH3 is 2. The number of nitrogens with zero attached hydrogens (tertiary/aromatic N) is 1. The Morgan fingerprint density at radius 1 is 0.914 bits per heavy atom. The van der Waals surface area contributed by atoms with E-state index in [2.05, 4.69) is 10.7 Å². The van der Waals surface area contributed by atoms with Gasteiger partial charge in [-0.25, -0.2) is 9.07 Å². The van der Waals surface area contributed by atoms with E-state index >= 15 is 0 Å². The largest absolute Gasteiger partial charge is 0.497 e. The quantitative estimate of drug-likeness (QED) is 0.412. The lowest BCUT2D eigenvalue weighted by atomic mass is 10.1. The van der Waals surface area contributed by atoms with E-state index in [1.807, 2.05) is 0 Å². The first kappa shape index (κ1) is 23.8. The van der Waals surface area contributed by atoms with Gasteiger partial charge in [0.25, 0.3) is 17.4 Å². The van der Waals surface area contributed by atoms with Crippen molar-refractivity contribution in [1.29, 1.82) is 0 Å². The molecule has 2 N–H and O–H groups in total. The number of carbonyl (C=O) groups excluding carboxylic acids is 2. The molecule has 0 spiro atoms. The number of amides is 2. The van der Waals surface area contributed by atoms with Crippen LogP contribution in [0.25, 0.3) is 10.8 Å². The van der Waals surface area contributed by atoms with Crippen LogP contribution < -0.4 is 25.8 Å². The van der Waals surface area contributed by atoms with Gasteiger partial charge in [0.2, 0.25) is 0 Å². The molecule has 35 heavy (non-hydrogen) atoms. The second-order valence-electron chi connectivity index (χ2n) is 7.39. The van der Waals surface area contributed by atoms with Gasteiger partial charge in [0.1, 0.15) is 17.3 Å². The summed E-state index contributed by atoms with van der Waals surface area (Å²) in [6, 6.07) is 14.8. The van der Waals surface area contributed by atoms with Crippen molar-refractivity contribution in [2.45, 2.75) is 0 Å².